The second kappa shape index (κ2) is 5.68. The molecule has 0 saturated heterocycles. The van der Waals surface area contributed by atoms with Gasteiger partial charge in [0.15, 0.2) is 5.82 Å². The Hall–Kier alpha value is -1.66. The van der Waals surface area contributed by atoms with Crippen molar-refractivity contribution in [2.75, 3.05) is 4.41 Å². The molecule has 1 aromatic heterocycles. The largest absolute Gasteiger partial charge is 0.292 e. The molecular weight excluding hydrogens is 359 g/mol. The maximum atomic E-state index is 14.9. The maximum absolute atomic E-state index is 14.9. The molecule has 2 fully saturated rings. The molecule has 4 nitrogen and oxygen atoms in total. The third-order valence-electron chi connectivity index (χ3n) is 4.82. The van der Waals surface area contributed by atoms with Gasteiger partial charge in [-0.25, -0.2) is 13.5 Å². The Labute approximate surface area is 155 Å². The van der Waals surface area contributed by atoms with Crippen molar-refractivity contribution in [3.63, 3.8) is 0 Å². The summed E-state index contributed by atoms with van der Waals surface area (Å²) >= 11 is 8.12. The summed E-state index contributed by atoms with van der Waals surface area (Å²) in [7, 11) is 0. The molecule has 7 heteroatoms. The molecule has 2 aliphatic carbocycles. The monoisotopic (exact) mass is 376 g/mol. The zero-order chi connectivity index (χ0) is 17.1. The lowest BCUT2D eigenvalue weighted by Gasteiger charge is -2.18. The van der Waals surface area contributed by atoms with E-state index in [1.165, 1.54) is 11.9 Å². The van der Waals surface area contributed by atoms with Gasteiger partial charge >= 0.3 is 0 Å². The highest BCUT2D eigenvalue weighted by Crippen LogP contribution is 2.50. The molecule has 130 valence electrons. The molecule has 25 heavy (non-hydrogen) atoms. The molecule has 2 aromatic rings. The fraction of sp³-hybridized carbons (Fsp3) is 0.389. The first-order valence-electron chi connectivity index (χ1n) is 8.60. The molecule has 0 amide bonds. The molecule has 5 rings (SSSR count). The Morgan fingerprint density at radius 1 is 1.24 bits per heavy atom. The van der Waals surface area contributed by atoms with Gasteiger partial charge in [-0.1, -0.05) is 11.6 Å². The van der Waals surface area contributed by atoms with Gasteiger partial charge in [-0.3, -0.25) is 5.43 Å². The number of hydrogen-bond donors (Lipinski definition) is 1. The lowest BCUT2D eigenvalue weighted by atomic mass is 10.2. The number of allylic oxidation sites excluding steroid dienone is 1. The minimum atomic E-state index is -0.284. The van der Waals surface area contributed by atoms with Crippen molar-refractivity contribution in [2.24, 2.45) is 0 Å². The van der Waals surface area contributed by atoms with Crippen LogP contribution in [0.3, 0.4) is 0 Å². The Bertz CT molecular complexity index is 885. The van der Waals surface area contributed by atoms with Crippen molar-refractivity contribution < 1.29 is 4.39 Å². The van der Waals surface area contributed by atoms with Crippen LogP contribution < -0.4 is 9.84 Å². The van der Waals surface area contributed by atoms with E-state index in [1.807, 2.05) is 22.8 Å². The first-order chi connectivity index (χ1) is 12.1. The fourth-order valence-corrected chi connectivity index (χ4v) is 4.38. The van der Waals surface area contributed by atoms with Gasteiger partial charge in [-0.2, -0.15) is 5.10 Å². The van der Waals surface area contributed by atoms with Crippen LogP contribution in [0.4, 0.5) is 10.1 Å². The average Bonchev–Trinajstić information content (AvgIpc) is 3.52. The van der Waals surface area contributed by atoms with Crippen LogP contribution in [0.5, 0.6) is 0 Å². The predicted octanol–water partition coefficient (Wildman–Crippen LogP) is 5.25. The predicted molar refractivity (Wildman–Crippen MR) is 99.4 cm³/mol. The SMILES string of the molecule is CC1=CSN(c2ccc(-n3nc(C4CC4)c(Cl)c3C3CC3)c(F)c2)N1. The molecule has 1 aromatic carbocycles. The van der Waals surface area contributed by atoms with E-state index in [2.05, 4.69) is 5.43 Å². The summed E-state index contributed by atoms with van der Waals surface area (Å²) in [4.78, 5) is 0. The van der Waals surface area contributed by atoms with Crippen molar-refractivity contribution in [1.29, 1.82) is 0 Å². The average molecular weight is 377 g/mol. The maximum Gasteiger partial charge on any atom is 0.151 e. The molecule has 2 saturated carbocycles. The van der Waals surface area contributed by atoms with Gasteiger partial charge in [-0.15, -0.1) is 0 Å². The normalized spacial score (nSPS) is 20.0. The Morgan fingerprint density at radius 3 is 2.60 bits per heavy atom. The molecular formula is C18H18ClFN4S. The lowest BCUT2D eigenvalue weighted by Crippen LogP contribution is -2.25. The van der Waals surface area contributed by atoms with Crippen LogP contribution in [0, 0.1) is 5.82 Å². The highest BCUT2D eigenvalue weighted by atomic mass is 35.5. The van der Waals surface area contributed by atoms with Gasteiger partial charge in [0.05, 0.1) is 22.1 Å². The summed E-state index contributed by atoms with van der Waals surface area (Å²) in [6.45, 7) is 1.98. The summed E-state index contributed by atoms with van der Waals surface area (Å²) in [5, 5.41) is 7.45. The number of benzene rings is 1. The van der Waals surface area contributed by atoms with Crippen molar-refractivity contribution >= 4 is 29.2 Å². The van der Waals surface area contributed by atoms with E-state index >= 15 is 0 Å². The van der Waals surface area contributed by atoms with E-state index in [4.69, 9.17) is 16.7 Å². The van der Waals surface area contributed by atoms with Crippen molar-refractivity contribution in [1.82, 2.24) is 15.2 Å². The molecule has 3 aliphatic rings. The Balaban J connectivity index is 1.54. The molecule has 0 atom stereocenters. The van der Waals surface area contributed by atoms with Crippen molar-refractivity contribution in [2.45, 2.75) is 44.4 Å². The van der Waals surface area contributed by atoms with Gasteiger partial charge in [0, 0.05) is 41.0 Å². The van der Waals surface area contributed by atoms with E-state index in [0.29, 0.717) is 17.5 Å². The van der Waals surface area contributed by atoms with E-state index in [0.717, 1.165) is 53.5 Å². The van der Waals surface area contributed by atoms with Gasteiger partial charge in [0.2, 0.25) is 0 Å². The summed E-state index contributed by atoms with van der Waals surface area (Å²) in [6.07, 6.45) is 4.47. The highest BCUT2D eigenvalue weighted by molar-refractivity contribution is 8.03. The standard InChI is InChI=1S/C18H18ClFN4S/c1-10-9-25-24(21-10)13-6-7-15(14(20)8-13)23-18(12-4-5-12)16(19)17(22-23)11-2-3-11/h6-9,11-12,21H,2-5H2,1H3. The van der Waals surface area contributed by atoms with Crippen LogP contribution in [-0.4, -0.2) is 9.78 Å². The zero-order valence-electron chi connectivity index (χ0n) is 13.8. The van der Waals surface area contributed by atoms with Crippen molar-refractivity contribution in [3.05, 3.63) is 51.5 Å². The van der Waals surface area contributed by atoms with Gasteiger partial charge in [0.25, 0.3) is 0 Å². The Morgan fingerprint density at radius 2 is 2.00 bits per heavy atom. The number of anilines is 1. The molecule has 0 spiro atoms. The van der Waals surface area contributed by atoms with Crippen LogP contribution in [0.2, 0.25) is 5.02 Å². The lowest BCUT2D eigenvalue weighted by molar-refractivity contribution is 0.605. The minimum Gasteiger partial charge on any atom is -0.292 e. The third-order valence-corrected chi connectivity index (χ3v) is 6.18. The first kappa shape index (κ1) is 15.6. The number of halogens is 2. The van der Waals surface area contributed by atoms with E-state index < -0.39 is 0 Å². The smallest absolute Gasteiger partial charge is 0.151 e. The quantitative estimate of drug-likeness (QED) is 0.738. The van der Waals surface area contributed by atoms with Gasteiger partial charge in [-0.05, 0) is 44.7 Å². The van der Waals surface area contributed by atoms with Gasteiger partial charge < -0.3 is 0 Å². The molecule has 2 heterocycles. The minimum absolute atomic E-state index is 0.284. The molecule has 0 radical (unpaired) electrons. The van der Waals surface area contributed by atoms with Crippen LogP contribution in [0.15, 0.2) is 29.3 Å². The molecule has 0 unspecified atom stereocenters. The van der Waals surface area contributed by atoms with Crippen LogP contribution in [0.1, 0.15) is 55.8 Å². The molecule has 0 bridgehead atoms. The molecule has 1 N–H and O–H groups in total. The van der Waals surface area contributed by atoms with E-state index in [-0.39, 0.29) is 5.82 Å². The summed E-state index contributed by atoms with van der Waals surface area (Å²) < 4.78 is 18.5. The topological polar surface area (TPSA) is 33.1 Å². The molecule has 1 aliphatic heterocycles. The fourth-order valence-electron chi connectivity index (χ4n) is 3.20. The number of nitrogens with one attached hydrogen (secondary N) is 1. The summed E-state index contributed by atoms with van der Waals surface area (Å²) in [5.74, 6) is 0.579. The first-order valence-corrected chi connectivity index (χ1v) is 9.82. The van der Waals surface area contributed by atoms with E-state index in [9.17, 15) is 4.39 Å². The van der Waals surface area contributed by atoms with E-state index in [1.54, 1.807) is 16.8 Å². The van der Waals surface area contributed by atoms with Crippen molar-refractivity contribution in [3.8, 4) is 5.69 Å². The Kier molecular flexibility index (Phi) is 3.54. The summed E-state index contributed by atoms with van der Waals surface area (Å²) in [6, 6.07) is 5.26. The number of aromatic nitrogens is 2. The number of hydrazine groups is 1. The van der Waals surface area contributed by atoms with Crippen LogP contribution in [0.25, 0.3) is 5.69 Å². The van der Waals surface area contributed by atoms with Gasteiger partial charge in [0.1, 0.15) is 5.69 Å². The number of hydrogen-bond acceptors (Lipinski definition) is 4. The zero-order valence-corrected chi connectivity index (χ0v) is 15.4. The highest BCUT2D eigenvalue weighted by Gasteiger charge is 2.37. The second-order valence-electron chi connectivity index (χ2n) is 6.99. The third kappa shape index (κ3) is 2.72. The number of rotatable bonds is 4. The van der Waals surface area contributed by atoms with Crippen LogP contribution in [-0.2, 0) is 0 Å². The number of nitrogens with zero attached hydrogens (tertiary/aromatic N) is 3. The van der Waals surface area contributed by atoms with Crippen LogP contribution >= 0.6 is 23.5 Å². The second-order valence-corrected chi connectivity index (χ2v) is 8.18. The summed E-state index contributed by atoms with van der Waals surface area (Å²) in [5.41, 5.74) is 7.41.